The van der Waals surface area contributed by atoms with Gasteiger partial charge in [0.1, 0.15) is 0 Å². The van der Waals surface area contributed by atoms with Crippen LogP contribution in [-0.4, -0.2) is 17.0 Å². The molecular formula is C11H15NO3S. The van der Waals surface area contributed by atoms with E-state index in [1.807, 2.05) is 19.9 Å². The lowest BCUT2D eigenvalue weighted by Crippen LogP contribution is -2.28. The average molecular weight is 241 g/mol. The van der Waals surface area contributed by atoms with E-state index < -0.39 is 12.0 Å². The third-order valence-electron chi connectivity index (χ3n) is 2.21. The SMILES string of the molecule is CC(=O)NC(CC(=O)O)c1cc(C)sc1C. The summed E-state index contributed by atoms with van der Waals surface area (Å²) in [5.74, 6) is -1.13. The van der Waals surface area contributed by atoms with E-state index in [4.69, 9.17) is 5.11 Å². The minimum Gasteiger partial charge on any atom is -0.481 e. The second kappa shape index (κ2) is 5.12. The van der Waals surface area contributed by atoms with Crippen molar-refractivity contribution in [1.29, 1.82) is 0 Å². The molecule has 0 saturated heterocycles. The molecule has 0 saturated carbocycles. The number of carbonyl (C=O) groups is 2. The van der Waals surface area contributed by atoms with Gasteiger partial charge in [-0.15, -0.1) is 11.3 Å². The fourth-order valence-corrected chi connectivity index (χ4v) is 2.64. The molecule has 0 bridgehead atoms. The second-order valence-corrected chi connectivity index (χ2v) is 5.18. The summed E-state index contributed by atoms with van der Waals surface area (Å²) in [5.41, 5.74) is 0.903. The van der Waals surface area contributed by atoms with Gasteiger partial charge in [-0.2, -0.15) is 0 Å². The molecule has 1 aromatic rings. The molecule has 1 heterocycles. The molecule has 2 N–H and O–H groups in total. The lowest BCUT2D eigenvalue weighted by Gasteiger charge is -2.15. The van der Waals surface area contributed by atoms with Gasteiger partial charge in [0.25, 0.3) is 0 Å². The molecule has 1 unspecified atom stereocenters. The van der Waals surface area contributed by atoms with Crippen molar-refractivity contribution in [3.8, 4) is 0 Å². The summed E-state index contributed by atoms with van der Waals surface area (Å²) < 4.78 is 0. The number of aryl methyl sites for hydroxylation is 2. The summed E-state index contributed by atoms with van der Waals surface area (Å²) in [4.78, 5) is 23.9. The Kier molecular flexibility index (Phi) is 4.06. The van der Waals surface area contributed by atoms with E-state index in [-0.39, 0.29) is 12.3 Å². The standard InChI is InChI=1S/C11H15NO3S/c1-6-4-9(7(2)16-6)10(5-11(14)15)12-8(3)13/h4,10H,5H2,1-3H3,(H,12,13)(H,14,15). The Bertz CT molecular complexity index is 395. The van der Waals surface area contributed by atoms with Crippen LogP contribution in [0.5, 0.6) is 0 Å². The van der Waals surface area contributed by atoms with Crippen LogP contribution in [0.1, 0.15) is 34.7 Å². The van der Waals surface area contributed by atoms with Crippen LogP contribution in [0, 0.1) is 13.8 Å². The number of aliphatic carboxylic acids is 1. The zero-order valence-electron chi connectivity index (χ0n) is 9.53. The van der Waals surface area contributed by atoms with E-state index in [9.17, 15) is 9.59 Å². The van der Waals surface area contributed by atoms with E-state index in [0.717, 1.165) is 15.3 Å². The molecule has 0 spiro atoms. The number of rotatable bonds is 4. The zero-order valence-corrected chi connectivity index (χ0v) is 10.4. The van der Waals surface area contributed by atoms with Crippen LogP contribution >= 0.6 is 11.3 Å². The molecule has 0 aliphatic rings. The zero-order chi connectivity index (χ0) is 12.3. The molecule has 0 fully saturated rings. The van der Waals surface area contributed by atoms with Crippen molar-refractivity contribution >= 4 is 23.2 Å². The Morgan fingerprint density at radius 3 is 2.50 bits per heavy atom. The summed E-state index contributed by atoms with van der Waals surface area (Å²) in [7, 11) is 0. The van der Waals surface area contributed by atoms with Crippen molar-refractivity contribution in [2.24, 2.45) is 0 Å². The number of carbonyl (C=O) groups excluding carboxylic acids is 1. The molecule has 0 radical (unpaired) electrons. The van der Waals surface area contributed by atoms with Crippen LogP contribution in [0.2, 0.25) is 0 Å². The van der Waals surface area contributed by atoms with E-state index in [0.29, 0.717) is 0 Å². The van der Waals surface area contributed by atoms with Gasteiger partial charge in [0.15, 0.2) is 0 Å². The minimum atomic E-state index is -0.915. The van der Waals surface area contributed by atoms with E-state index in [1.54, 1.807) is 11.3 Å². The number of thiophene rings is 1. The smallest absolute Gasteiger partial charge is 0.305 e. The number of hydrogen-bond acceptors (Lipinski definition) is 3. The van der Waals surface area contributed by atoms with Gasteiger partial charge in [-0.1, -0.05) is 0 Å². The van der Waals surface area contributed by atoms with Crippen LogP contribution in [0.25, 0.3) is 0 Å². The van der Waals surface area contributed by atoms with Gasteiger partial charge < -0.3 is 10.4 Å². The molecule has 1 amide bonds. The number of carboxylic acids is 1. The highest BCUT2D eigenvalue weighted by Crippen LogP contribution is 2.28. The van der Waals surface area contributed by atoms with Gasteiger partial charge in [0.05, 0.1) is 12.5 Å². The molecule has 1 aromatic heterocycles. The van der Waals surface area contributed by atoms with Gasteiger partial charge in [0, 0.05) is 16.7 Å². The third-order valence-corrected chi connectivity index (χ3v) is 3.19. The maximum absolute atomic E-state index is 11.0. The Labute approximate surface area is 98.3 Å². The lowest BCUT2D eigenvalue weighted by atomic mass is 10.0. The molecule has 88 valence electrons. The first-order valence-corrected chi connectivity index (χ1v) is 5.77. The van der Waals surface area contributed by atoms with Crippen molar-refractivity contribution < 1.29 is 14.7 Å². The highest BCUT2D eigenvalue weighted by Gasteiger charge is 2.19. The maximum Gasteiger partial charge on any atom is 0.305 e. The maximum atomic E-state index is 11.0. The number of amides is 1. The fraction of sp³-hybridized carbons (Fsp3) is 0.455. The van der Waals surface area contributed by atoms with Gasteiger partial charge in [-0.05, 0) is 25.5 Å². The van der Waals surface area contributed by atoms with Gasteiger partial charge in [-0.3, -0.25) is 9.59 Å². The van der Waals surface area contributed by atoms with Crippen molar-refractivity contribution in [3.63, 3.8) is 0 Å². The molecule has 4 nitrogen and oxygen atoms in total. The van der Waals surface area contributed by atoms with E-state index >= 15 is 0 Å². The lowest BCUT2D eigenvalue weighted by molar-refractivity contribution is -0.137. The van der Waals surface area contributed by atoms with E-state index in [1.165, 1.54) is 6.92 Å². The number of hydrogen-bond donors (Lipinski definition) is 2. The first-order chi connectivity index (χ1) is 7.40. The summed E-state index contributed by atoms with van der Waals surface area (Å²) in [6.45, 7) is 5.29. The summed E-state index contributed by atoms with van der Waals surface area (Å²) in [6, 6.07) is 1.50. The summed E-state index contributed by atoms with van der Waals surface area (Å²) >= 11 is 1.61. The fourth-order valence-electron chi connectivity index (χ4n) is 1.66. The molecule has 5 heteroatoms. The van der Waals surface area contributed by atoms with Crippen molar-refractivity contribution in [2.75, 3.05) is 0 Å². The van der Waals surface area contributed by atoms with Crippen molar-refractivity contribution in [3.05, 3.63) is 21.4 Å². The molecule has 0 aliphatic heterocycles. The Morgan fingerprint density at radius 2 is 2.12 bits per heavy atom. The number of carboxylic acid groups (broad SMARTS) is 1. The molecular weight excluding hydrogens is 226 g/mol. The highest BCUT2D eigenvalue weighted by atomic mass is 32.1. The molecule has 16 heavy (non-hydrogen) atoms. The first kappa shape index (κ1) is 12.7. The minimum absolute atomic E-state index is 0.0867. The molecule has 1 atom stereocenters. The predicted molar refractivity (Wildman–Crippen MR) is 62.6 cm³/mol. The van der Waals surface area contributed by atoms with Gasteiger partial charge in [0.2, 0.25) is 5.91 Å². The van der Waals surface area contributed by atoms with Crippen molar-refractivity contribution in [2.45, 2.75) is 33.2 Å². The van der Waals surface area contributed by atoms with E-state index in [2.05, 4.69) is 5.32 Å². The molecule has 0 aliphatic carbocycles. The Balaban J connectivity index is 2.95. The van der Waals surface area contributed by atoms with Crippen molar-refractivity contribution in [1.82, 2.24) is 5.32 Å². The predicted octanol–water partition coefficient (Wildman–Crippen LogP) is 2.02. The monoisotopic (exact) mass is 241 g/mol. The van der Waals surface area contributed by atoms with Crippen LogP contribution in [-0.2, 0) is 9.59 Å². The third kappa shape index (κ3) is 3.34. The van der Waals surface area contributed by atoms with Gasteiger partial charge in [-0.25, -0.2) is 0 Å². The summed E-state index contributed by atoms with van der Waals surface area (Å²) in [6.07, 6.45) is -0.0867. The average Bonchev–Trinajstić information content (AvgIpc) is 2.42. The molecule has 0 aromatic carbocycles. The Hall–Kier alpha value is -1.36. The number of nitrogens with one attached hydrogen (secondary N) is 1. The van der Waals surface area contributed by atoms with Crippen LogP contribution in [0.3, 0.4) is 0 Å². The first-order valence-electron chi connectivity index (χ1n) is 4.96. The highest BCUT2D eigenvalue weighted by molar-refractivity contribution is 7.12. The quantitative estimate of drug-likeness (QED) is 0.847. The normalized spacial score (nSPS) is 12.2. The second-order valence-electron chi connectivity index (χ2n) is 3.72. The van der Waals surface area contributed by atoms with Crippen LogP contribution < -0.4 is 5.32 Å². The topological polar surface area (TPSA) is 66.4 Å². The van der Waals surface area contributed by atoms with Crippen LogP contribution in [0.4, 0.5) is 0 Å². The largest absolute Gasteiger partial charge is 0.481 e. The van der Waals surface area contributed by atoms with Crippen LogP contribution in [0.15, 0.2) is 6.07 Å². The van der Waals surface area contributed by atoms with Gasteiger partial charge >= 0.3 is 5.97 Å². The summed E-state index contributed by atoms with van der Waals surface area (Å²) in [5, 5.41) is 11.5. The Morgan fingerprint density at radius 1 is 1.50 bits per heavy atom. The molecule has 1 rings (SSSR count).